The van der Waals surface area contributed by atoms with E-state index in [1.165, 1.54) is 17.8 Å². The average molecular weight is 611 g/mol. The van der Waals surface area contributed by atoms with E-state index in [2.05, 4.69) is 31.1 Å². The van der Waals surface area contributed by atoms with Gasteiger partial charge in [0.2, 0.25) is 5.91 Å². The standard InChI is InChI=1S/C29H29Cl2N7O2S/c1-4-38-27(26(18(2)3)33-28(40)23-15-10-19(30)16-24(23)31)36-37-29(38)41-17-25(39)32-20-11-13-22(14-12-20)35-34-21-8-6-5-7-9-21/h5-16,18,26H,4,17H2,1-3H3,(H,32,39)(H,33,40)/t26-/m0/s1. The highest BCUT2D eigenvalue weighted by atomic mass is 35.5. The first-order chi connectivity index (χ1) is 19.7. The SMILES string of the molecule is CCn1c(SCC(=O)Nc2ccc(N=Nc3ccccc3)cc2)nnc1[C@@H](NC(=O)c1ccc(Cl)cc1Cl)C(C)C. The maximum Gasteiger partial charge on any atom is 0.253 e. The van der Waals surface area contributed by atoms with E-state index < -0.39 is 6.04 Å². The highest BCUT2D eigenvalue weighted by Gasteiger charge is 2.27. The summed E-state index contributed by atoms with van der Waals surface area (Å²) in [6.07, 6.45) is 0. The number of hydrogen-bond acceptors (Lipinski definition) is 7. The van der Waals surface area contributed by atoms with Crippen LogP contribution < -0.4 is 10.6 Å². The number of rotatable bonds is 11. The van der Waals surface area contributed by atoms with Crippen molar-refractivity contribution in [2.75, 3.05) is 11.1 Å². The Hall–Kier alpha value is -3.73. The van der Waals surface area contributed by atoms with E-state index >= 15 is 0 Å². The smallest absolute Gasteiger partial charge is 0.253 e. The van der Waals surface area contributed by atoms with Crippen LogP contribution in [0, 0.1) is 5.92 Å². The molecular weight excluding hydrogens is 581 g/mol. The molecule has 12 heteroatoms. The third kappa shape index (κ3) is 8.16. The number of carbonyl (C=O) groups is 2. The summed E-state index contributed by atoms with van der Waals surface area (Å²) in [6.45, 7) is 6.49. The molecule has 0 fully saturated rings. The van der Waals surface area contributed by atoms with E-state index in [9.17, 15) is 9.59 Å². The molecule has 1 atom stereocenters. The first-order valence-corrected chi connectivity index (χ1v) is 14.7. The molecule has 9 nitrogen and oxygen atoms in total. The summed E-state index contributed by atoms with van der Waals surface area (Å²) < 4.78 is 1.90. The molecule has 0 aliphatic carbocycles. The van der Waals surface area contributed by atoms with Gasteiger partial charge in [0.25, 0.3) is 5.91 Å². The van der Waals surface area contributed by atoms with Gasteiger partial charge in [-0.05, 0) is 67.4 Å². The summed E-state index contributed by atoms with van der Waals surface area (Å²) in [7, 11) is 0. The fourth-order valence-corrected chi connectivity index (χ4v) is 5.21. The highest BCUT2D eigenvalue weighted by molar-refractivity contribution is 7.99. The number of benzene rings is 3. The first-order valence-electron chi connectivity index (χ1n) is 12.9. The van der Waals surface area contributed by atoms with Gasteiger partial charge >= 0.3 is 0 Å². The first kappa shape index (κ1) is 30.2. The molecule has 0 saturated carbocycles. The second-order valence-corrected chi connectivity index (χ2v) is 11.1. The van der Waals surface area contributed by atoms with E-state index in [0.717, 1.165) is 5.69 Å². The van der Waals surface area contributed by atoms with Crippen LogP contribution in [-0.4, -0.2) is 32.3 Å². The number of nitrogens with zero attached hydrogens (tertiary/aromatic N) is 5. The second-order valence-electron chi connectivity index (χ2n) is 9.32. The number of amides is 2. The molecular formula is C29H29Cl2N7O2S. The minimum absolute atomic E-state index is 0.0101. The molecule has 2 amide bonds. The van der Waals surface area contributed by atoms with Crippen LogP contribution in [0.1, 0.15) is 43.0 Å². The van der Waals surface area contributed by atoms with E-state index in [0.29, 0.717) is 39.5 Å². The van der Waals surface area contributed by atoms with Crippen LogP contribution in [0.4, 0.5) is 17.1 Å². The van der Waals surface area contributed by atoms with Crippen molar-refractivity contribution < 1.29 is 9.59 Å². The Kier molecular flexibility index (Phi) is 10.5. The number of nitrogens with one attached hydrogen (secondary N) is 2. The van der Waals surface area contributed by atoms with Crippen LogP contribution in [-0.2, 0) is 11.3 Å². The number of halogens is 2. The number of thioether (sulfide) groups is 1. The van der Waals surface area contributed by atoms with Gasteiger partial charge in [0, 0.05) is 17.3 Å². The number of anilines is 1. The summed E-state index contributed by atoms with van der Waals surface area (Å²) in [5.41, 5.74) is 2.41. The van der Waals surface area contributed by atoms with Crippen LogP contribution in [0.5, 0.6) is 0 Å². The van der Waals surface area contributed by atoms with Gasteiger partial charge < -0.3 is 15.2 Å². The summed E-state index contributed by atoms with van der Waals surface area (Å²) in [5, 5.41) is 24.3. The fourth-order valence-electron chi connectivity index (χ4n) is 3.90. The average Bonchev–Trinajstić information content (AvgIpc) is 3.37. The molecule has 0 aliphatic heterocycles. The molecule has 1 heterocycles. The van der Waals surface area contributed by atoms with Crippen LogP contribution in [0.25, 0.3) is 0 Å². The monoisotopic (exact) mass is 609 g/mol. The third-order valence-corrected chi connectivity index (χ3v) is 7.50. The predicted molar refractivity (Wildman–Crippen MR) is 164 cm³/mol. The summed E-state index contributed by atoms with van der Waals surface area (Å²) in [6, 6.07) is 20.9. The van der Waals surface area contributed by atoms with Crippen molar-refractivity contribution in [3.63, 3.8) is 0 Å². The zero-order valence-corrected chi connectivity index (χ0v) is 25.0. The Morgan fingerprint density at radius 1 is 0.951 bits per heavy atom. The molecule has 0 aliphatic rings. The number of azo groups is 1. The summed E-state index contributed by atoms with van der Waals surface area (Å²) >= 11 is 13.5. The molecule has 4 aromatic rings. The maximum absolute atomic E-state index is 13.0. The molecule has 0 spiro atoms. The molecule has 0 saturated heterocycles. The van der Waals surface area contributed by atoms with Gasteiger partial charge in [-0.1, -0.05) is 67.0 Å². The number of hydrogen-bond donors (Lipinski definition) is 2. The van der Waals surface area contributed by atoms with Gasteiger partial charge in [-0.25, -0.2) is 0 Å². The van der Waals surface area contributed by atoms with Gasteiger partial charge in [0.15, 0.2) is 11.0 Å². The van der Waals surface area contributed by atoms with Gasteiger partial charge in [-0.3, -0.25) is 9.59 Å². The molecule has 3 aromatic carbocycles. The largest absolute Gasteiger partial charge is 0.342 e. The van der Waals surface area contributed by atoms with Gasteiger partial charge in [-0.15, -0.1) is 10.2 Å². The molecule has 41 heavy (non-hydrogen) atoms. The van der Waals surface area contributed by atoms with Gasteiger partial charge in [0.05, 0.1) is 33.8 Å². The van der Waals surface area contributed by atoms with Crippen molar-refractivity contribution in [2.24, 2.45) is 16.1 Å². The number of carbonyl (C=O) groups excluding carboxylic acids is 2. The Bertz CT molecular complexity index is 1530. The Labute approximate surface area is 252 Å². The van der Waals surface area contributed by atoms with Crippen molar-refractivity contribution in [1.29, 1.82) is 0 Å². The predicted octanol–water partition coefficient (Wildman–Crippen LogP) is 7.88. The van der Waals surface area contributed by atoms with Crippen molar-refractivity contribution in [1.82, 2.24) is 20.1 Å². The van der Waals surface area contributed by atoms with Crippen molar-refractivity contribution in [3.8, 4) is 0 Å². The fraction of sp³-hybridized carbons (Fsp3) is 0.241. The van der Waals surface area contributed by atoms with Crippen LogP contribution in [0.15, 0.2) is 88.2 Å². The topological polar surface area (TPSA) is 114 Å². The molecule has 2 N–H and O–H groups in total. The van der Waals surface area contributed by atoms with Gasteiger partial charge in [0.1, 0.15) is 0 Å². The molecule has 1 aromatic heterocycles. The lowest BCUT2D eigenvalue weighted by Crippen LogP contribution is -2.34. The lowest BCUT2D eigenvalue weighted by atomic mass is 10.0. The minimum atomic E-state index is -0.428. The minimum Gasteiger partial charge on any atom is -0.342 e. The van der Waals surface area contributed by atoms with Crippen LogP contribution in [0.3, 0.4) is 0 Å². The Morgan fingerprint density at radius 2 is 1.63 bits per heavy atom. The number of aromatic nitrogens is 3. The zero-order valence-electron chi connectivity index (χ0n) is 22.7. The van der Waals surface area contributed by atoms with E-state index in [1.54, 1.807) is 36.4 Å². The highest BCUT2D eigenvalue weighted by Crippen LogP contribution is 2.27. The lowest BCUT2D eigenvalue weighted by Gasteiger charge is -2.22. The molecule has 0 radical (unpaired) electrons. The summed E-state index contributed by atoms with van der Waals surface area (Å²) in [4.78, 5) is 25.7. The molecule has 0 bridgehead atoms. The van der Waals surface area contributed by atoms with E-state index in [-0.39, 0.29) is 28.5 Å². The zero-order chi connectivity index (χ0) is 29.4. The molecule has 4 rings (SSSR count). The normalized spacial score (nSPS) is 12.0. The molecule has 212 valence electrons. The van der Waals surface area contributed by atoms with Crippen LogP contribution >= 0.6 is 35.0 Å². The molecule has 0 unspecified atom stereocenters. The Balaban J connectivity index is 1.37. The lowest BCUT2D eigenvalue weighted by molar-refractivity contribution is -0.113. The summed E-state index contributed by atoms with van der Waals surface area (Å²) in [5.74, 6) is 0.219. The third-order valence-electron chi connectivity index (χ3n) is 5.99. The van der Waals surface area contributed by atoms with Crippen molar-refractivity contribution in [2.45, 2.75) is 38.5 Å². The van der Waals surface area contributed by atoms with Crippen LogP contribution in [0.2, 0.25) is 10.0 Å². The van der Waals surface area contributed by atoms with E-state index in [1.807, 2.05) is 55.7 Å². The van der Waals surface area contributed by atoms with Gasteiger partial charge in [-0.2, -0.15) is 10.2 Å². The maximum atomic E-state index is 13.0. The van der Waals surface area contributed by atoms with E-state index in [4.69, 9.17) is 23.2 Å². The second kappa shape index (κ2) is 14.2. The quantitative estimate of drug-likeness (QED) is 0.133. The Morgan fingerprint density at radius 3 is 2.27 bits per heavy atom. The van der Waals surface area contributed by atoms with Crippen molar-refractivity contribution >= 4 is 63.8 Å². The van der Waals surface area contributed by atoms with Crippen molar-refractivity contribution in [3.05, 3.63) is 94.2 Å².